The van der Waals surface area contributed by atoms with Crippen LogP contribution in [-0.4, -0.2) is 34.3 Å². The van der Waals surface area contributed by atoms with Crippen LogP contribution in [0.15, 0.2) is 61.7 Å². The van der Waals surface area contributed by atoms with Gasteiger partial charge in [-0.2, -0.15) is 5.10 Å². The second-order valence-corrected chi connectivity index (χ2v) is 5.91. The average Bonchev–Trinajstić information content (AvgIpc) is 3.38. The maximum absolute atomic E-state index is 4.56. The van der Waals surface area contributed by atoms with E-state index in [1.165, 1.54) is 5.56 Å². The predicted molar refractivity (Wildman–Crippen MR) is 93.8 cm³/mol. The lowest BCUT2D eigenvalue weighted by atomic mass is 10.0. The highest BCUT2D eigenvalue weighted by Crippen LogP contribution is 2.28. The number of aromatic amines is 1. The van der Waals surface area contributed by atoms with E-state index in [4.69, 9.17) is 0 Å². The van der Waals surface area contributed by atoms with Crippen LogP contribution in [0.4, 0.5) is 0 Å². The van der Waals surface area contributed by atoms with E-state index in [1.54, 1.807) is 19.0 Å². The zero-order valence-corrected chi connectivity index (χ0v) is 13.9. The van der Waals surface area contributed by atoms with Gasteiger partial charge in [0.25, 0.3) is 0 Å². The second-order valence-electron chi connectivity index (χ2n) is 5.91. The summed E-state index contributed by atoms with van der Waals surface area (Å²) in [5.41, 5.74) is 3.12. The number of nitrogens with one attached hydrogen (secondary N) is 1. The highest BCUT2D eigenvalue weighted by Gasteiger charge is 2.20. The molecule has 0 aliphatic heterocycles. The summed E-state index contributed by atoms with van der Waals surface area (Å²) in [5.74, 6) is 0.867. The smallest absolute Gasteiger partial charge is 0.161 e. The summed E-state index contributed by atoms with van der Waals surface area (Å²) >= 11 is 0. The molecule has 0 saturated carbocycles. The lowest BCUT2D eigenvalue weighted by molar-refractivity contribution is 0.471. The van der Waals surface area contributed by atoms with Gasteiger partial charge in [-0.1, -0.05) is 30.3 Å². The SMILES string of the molecule is Cc1[nH]cnc1-c1nccn1C(CCn1cncn1)c1ccccc1. The molecule has 126 valence electrons. The summed E-state index contributed by atoms with van der Waals surface area (Å²) in [7, 11) is 0. The van der Waals surface area contributed by atoms with Crippen molar-refractivity contribution in [2.75, 3.05) is 0 Å². The van der Waals surface area contributed by atoms with Crippen molar-refractivity contribution < 1.29 is 0 Å². The third-order valence-corrected chi connectivity index (χ3v) is 4.33. The molecule has 3 heterocycles. The van der Waals surface area contributed by atoms with Crippen LogP contribution in [0.5, 0.6) is 0 Å². The van der Waals surface area contributed by atoms with Crippen molar-refractivity contribution in [3.63, 3.8) is 0 Å². The lowest BCUT2D eigenvalue weighted by Crippen LogP contribution is -2.15. The quantitative estimate of drug-likeness (QED) is 0.588. The average molecular weight is 333 g/mol. The van der Waals surface area contributed by atoms with Crippen molar-refractivity contribution in [2.45, 2.75) is 25.9 Å². The van der Waals surface area contributed by atoms with Crippen LogP contribution in [0, 0.1) is 6.92 Å². The first-order valence-corrected chi connectivity index (χ1v) is 8.23. The molecule has 1 N–H and O–H groups in total. The molecule has 4 aromatic rings. The number of hydrogen-bond donors (Lipinski definition) is 1. The number of aromatic nitrogens is 7. The molecule has 0 amide bonds. The lowest BCUT2D eigenvalue weighted by Gasteiger charge is -2.21. The summed E-state index contributed by atoms with van der Waals surface area (Å²) in [4.78, 5) is 16.1. The van der Waals surface area contributed by atoms with Crippen molar-refractivity contribution in [3.05, 3.63) is 73.0 Å². The Bertz CT molecular complexity index is 921. The zero-order valence-electron chi connectivity index (χ0n) is 13.9. The van der Waals surface area contributed by atoms with Crippen LogP contribution in [-0.2, 0) is 6.54 Å². The standard InChI is InChI=1S/C18H19N7/c1-14-17(22-12-21-14)18-20-8-10-25(18)16(15-5-3-2-4-6-15)7-9-24-13-19-11-23-24/h2-6,8,10-13,16H,7,9H2,1H3,(H,21,22). The van der Waals surface area contributed by atoms with Gasteiger partial charge in [0.2, 0.25) is 0 Å². The molecular weight excluding hydrogens is 314 g/mol. The largest absolute Gasteiger partial charge is 0.348 e. The summed E-state index contributed by atoms with van der Waals surface area (Å²) in [6.45, 7) is 2.78. The minimum Gasteiger partial charge on any atom is -0.348 e. The number of imidazole rings is 2. The van der Waals surface area contributed by atoms with Crippen LogP contribution < -0.4 is 0 Å². The molecule has 0 aliphatic rings. The van der Waals surface area contributed by atoms with Crippen LogP contribution in [0.3, 0.4) is 0 Å². The molecule has 1 unspecified atom stereocenters. The van der Waals surface area contributed by atoms with E-state index >= 15 is 0 Å². The van der Waals surface area contributed by atoms with E-state index in [0.29, 0.717) is 0 Å². The molecule has 0 fully saturated rings. The molecule has 0 bridgehead atoms. The van der Waals surface area contributed by atoms with Crippen molar-refractivity contribution in [1.82, 2.24) is 34.3 Å². The molecule has 0 aliphatic carbocycles. The molecule has 7 nitrogen and oxygen atoms in total. The monoisotopic (exact) mass is 333 g/mol. The Hall–Kier alpha value is -3.22. The van der Waals surface area contributed by atoms with Gasteiger partial charge in [-0.3, -0.25) is 4.68 Å². The first-order chi connectivity index (χ1) is 12.3. The first kappa shape index (κ1) is 15.3. The maximum atomic E-state index is 4.56. The van der Waals surface area contributed by atoms with Gasteiger partial charge in [-0.05, 0) is 18.9 Å². The third-order valence-electron chi connectivity index (χ3n) is 4.33. The minimum atomic E-state index is 0.138. The van der Waals surface area contributed by atoms with Crippen LogP contribution in [0.25, 0.3) is 11.5 Å². The molecule has 0 spiro atoms. The van der Waals surface area contributed by atoms with Gasteiger partial charge in [0.05, 0.1) is 12.4 Å². The van der Waals surface area contributed by atoms with Gasteiger partial charge in [-0.25, -0.2) is 15.0 Å². The molecule has 0 radical (unpaired) electrons. The van der Waals surface area contributed by atoms with Gasteiger partial charge in [0.1, 0.15) is 18.3 Å². The highest BCUT2D eigenvalue weighted by molar-refractivity contribution is 5.53. The van der Waals surface area contributed by atoms with Crippen LogP contribution >= 0.6 is 0 Å². The number of benzene rings is 1. The van der Waals surface area contributed by atoms with Gasteiger partial charge < -0.3 is 9.55 Å². The topological polar surface area (TPSA) is 77.2 Å². The van der Waals surface area contributed by atoms with Gasteiger partial charge in [0.15, 0.2) is 5.82 Å². The second kappa shape index (κ2) is 6.72. The molecule has 25 heavy (non-hydrogen) atoms. The van der Waals surface area contributed by atoms with Gasteiger partial charge in [-0.15, -0.1) is 0 Å². The number of nitrogens with zero attached hydrogens (tertiary/aromatic N) is 6. The fraction of sp³-hybridized carbons (Fsp3) is 0.222. The first-order valence-electron chi connectivity index (χ1n) is 8.23. The molecule has 3 aromatic heterocycles. The van der Waals surface area contributed by atoms with E-state index < -0.39 is 0 Å². The van der Waals surface area contributed by atoms with E-state index in [-0.39, 0.29) is 6.04 Å². The van der Waals surface area contributed by atoms with Crippen LogP contribution in [0.1, 0.15) is 23.7 Å². The molecular formula is C18H19N7. The van der Waals surface area contributed by atoms with E-state index in [0.717, 1.165) is 30.2 Å². The van der Waals surface area contributed by atoms with E-state index in [2.05, 4.69) is 53.9 Å². The van der Waals surface area contributed by atoms with Gasteiger partial charge >= 0.3 is 0 Å². The predicted octanol–water partition coefficient (Wildman–Crippen LogP) is 2.85. The summed E-state index contributed by atoms with van der Waals surface area (Å²) in [5, 5.41) is 4.21. The number of H-pyrrole nitrogens is 1. The Morgan fingerprint density at radius 1 is 1.16 bits per heavy atom. The van der Waals surface area contributed by atoms with E-state index in [9.17, 15) is 0 Å². The fourth-order valence-corrected chi connectivity index (χ4v) is 3.08. The summed E-state index contributed by atoms with van der Waals surface area (Å²) in [6, 6.07) is 10.6. The number of aryl methyl sites for hydroxylation is 2. The van der Waals surface area contributed by atoms with Crippen molar-refractivity contribution >= 4 is 0 Å². The zero-order chi connectivity index (χ0) is 17.1. The van der Waals surface area contributed by atoms with Crippen molar-refractivity contribution in [3.8, 4) is 11.5 Å². The minimum absolute atomic E-state index is 0.138. The Morgan fingerprint density at radius 2 is 2.04 bits per heavy atom. The van der Waals surface area contributed by atoms with Crippen LogP contribution in [0.2, 0.25) is 0 Å². The van der Waals surface area contributed by atoms with Crippen molar-refractivity contribution in [2.24, 2.45) is 0 Å². The Balaban J connectivity index is 1.71. The third kappa shape index (κ3) is 3.08. The van der Waals surface area contributed by atoms with Crippen molar-refractivity contribution in [1.29, 1.82) is 0 Å². The van der Waals surface area contributed by atoms with E-state index in [1.807, 2.05) is 30.1 Å². The molecule has 1 aromatic carbocycles. The van der Waals surface area contributed by atoms with Gasteiger partial charge in [0, 0.05) is 24.6 Å². The summed E-state index contributed by atoms with van der Waals surface area (Å²) in [6.07, 6.45) is 9.73. The molecule has 7 heteroatoms. The Labute approximate surface area is 145 Å². The fourth-order valence-electron chi connectivity index (χ4n) is 3.08. The summed E-state index contributed by atoms with van der Waals surface area (Å²) < 4.78 is 4.04. The normalized spacial score (nSPS) is 12.4. The molecule has 4 rings (SSSR count). The highest BCUT2D eigenvalue weighted by atomic mass is 15.3. The molecule has 1 atom stereocenters. The Kier molecular flexibility index (Phi) is 4.12. The Morgan fingerprint density at radius 3 is 2.76 bits per heavy atom. The maximum Gasteiger partial charge on any atom is 0.161 e. The number of rotatable bonds is 6. The molecule has 0 saturated heterocycles. The number of hydrogen-bond acceptors (Lipinski definition) is 4.